The third-order valence-corrected chi connectivity index (χ3v) is 2.46. The molecule has 1 aliphatic rings. The smallest absolute Gasteiger partial charge is 0.350 e. The monoisotopic (exact) mass is 291 g/mol. The summed E-state index contributed by atoms with van der Waals surface area (Å²) in [4.78, 5) is 38.7. The maximum absolute atomic E-state index is 11.7. The van der Waals surface area contributed by atoms with Gasteiger partial charge in [-0.25, -0.2) is 9.59 Å². The Kier molecular flexibility index (Phi) is 3.88. The zero-order valence-electron chi connectivity index (χ0n) is 11.4. The van der Waals surface area contributed by atoms with Crippen LogP contribution in [0, 0.1) is 0 Å². The number of cyclic esters (lactones) is 2. The maximum atomic E-state index is 11.7. The first-order chi connectivity index (χ1) is 9.89. The minimum atomic E-state index is -1.30. The lowest BCUT2D eigenvalue weighted by molar-refractivity contribution is -0.222. The van der Waals surface area contributed by atoms with Crippen molar-refractivity contribution < 1.29 is 23.9 Å². The van der Waals surface area contributed by atoms with Crippen molar-refractivity contribution in [2.75, 3.05) is 0 Å². The fourth-order valence-corrected chi connectivity index (χ4v) is 1.53. The largest absolute Gasteiger partial charge is 0.419 e. The van der Waals surface area contributed by atoms with Crippen LogP contribution in [0.25, 0.3) is 0 Å². The number of ether oxygens (including phenoxy) is 2. The van der Waals surface area contributed by atoms with E-state index < -0.39 is 23.6 Å². The molecule has 1 fully saturated rings. The van der Waals surface area contributed by atoms with E-state index in [0.717, 1.165) is 6.20 Å². The lowest BCUT2D eigenvalue weighted by atomic mass is 10.2. The SMILES string of the molecule is CC1(C)OC(=O)C(=CNNC(=O)c2ccncc2)C(=O)O1. The Bertz CT molecular complexity index is 587. The van der Waals surface area contributed by atoms with E-state index in [4.69, 9.17) is 9.47 Å². The first kappa shape index (κ1) is 14.5. The highest BCUT2D eigenvalue weighted by molar-refractivity contribution is 6.15. The van der Waals surface area contributed by atoms with Crippen LogP contribution in [0.5, 0.6) is 0 Å². The quantitative estimate of drug-likeness (QED) is 0.350. The van der Waals surface area contributed by atoms with E-state index in [0.29, 0.717) is 5.56 Å². The average molecular weight is 291 g/mol. The van der Waals surface area contributed by atoms with Crippen molar-refractivity contribution in [1.82, 2.24) is 15.8 Å². The number of pyridine rings is 1. The summed E-state index contributed by atoms with van der Waals surface area (Å²) in [5, 5.41) is 0. The molecule has 2 N–H and O–H groups in total. The highest BCUT2D eigenvalue weighted by Gasteiger charge is 2.38. The highest BCUT2D eigenvalue weighted by atomic mass is 16.7. The standard InChI is InChI=1S/C13H13N3O5/c1-13(2)20-11(18)9(12(19)21-13)7-15-16-10(17)8-3-5-14-6-4-8/h3-7,15H,1-2H3,(H,16,17). The van der Waals surface area contributed by atoms with Gasteiger partial charge in [0.25, 0.3) is 11.7 Å². The molecule has 0 atom stereocenters. The molecule has 0 spiro atoms. The number of carbonyl (C=O) groups is 3. The molecule has 21 heavy (non-hydrogen) atoms. The van der Waals surface area contributed by atoms with Crippen LogP contribution in [0.1, 0.15) is 24.2 Å². The van der Waals surface area contributed by atoms with E-state index in [-0.39, 0.29) is 5.57 Å². The van der Waals surface area contributed by atoms with Crippen LogP contribution in [-0.4, -0.2) is 28.6 Å². The minimum absolute atomic E-state index is 0.343. The van der Waals surface area contributed by atoms with Crippen LogP contribution in [0.4, 0.5) is 0 Å². The highest BCUT2D eigenvalue weighted by Crippen LogP contribution is 2.21. The van der Waals surface area contributed by atoms with Crippen molar-refractivity contribution in [3.05, 3.63) is 41.9 Å². The molecule has 0 aromatic carbocycles. The van der Waals surface area contributed by atoms with Gasteiger partial charge in [0.05, 0.1) is 0 Å². The second-order valence-electron chi connectivity index (χ2n) is 4.57. The number of esters is 2. The van der Waals surface area contributed by atoms with Crippen LogP contribution >= 0.6 is 0 Å². The maximum Gasteiger partial charge on any atom is 0.350 e. The summed E-state index contributed by atoms with van der Waals surface area (Å²) in [5.41, 5.74) is 4.68. The van der Waals surface area contributed by atoms with E-state index in [2.05, 4.69) is 15.8 Å². The minimum Gasteiger partial charge on any atom is -0.419 e. The molecule has 1 aromatic heterocycles. The fourth-order valence-electron chi connectivity index (χ4n) is 1.53. The molecule has 8 heteroatoms. The van der Waals surface area contributed by atoms with Gasteiger partial charge in [-0.1, -0.05) is 0 Å². The number of amides is 1. The Balaban J connectivity index is 1.97. The Morgan fingerprint density at radius 2 is 1.76 bits per heavy atom. The van der Waals surface area contributed by atoms with Crippen molar-refractivity contribution in [2.24, 2.45) is 0 Å². The van der Waals surface area contributed by atoms with Crippen LogP contribution in [-0.2, 0) is 19.1 Å². The number of rotatable bonds is 3. The number of nitrogens with zero attached hydrogens (tertiary/aromatic N) is 1. The number of aromatic nitrogens is 1. The van der Waals surface area contributed by atoms with Gasteiger partial charge < -0.3 is 14.9 Å². The van der Waals surface area contributed by atoms with Gasteiger partial charge in [0.15, 0.2) is 5.57 Å². The molecule has 110 valence electrons. The van der Waals surface area contributed by atoms with Crippen LogP contribution in [0.15, 0.2) is 36.3 Å². The fraction of sp³-hybridized carbons (Fsp3) is 0.231. The first-order valence-corrected chi connectivity index (χ1v) is 6.02. The van der Waals surface area contributed by atoms with Gasteiger partial charge in [-0.05, 0) is 12.1 Å². The van der Waals surface area contributed by atoms with Gasteiger partial charge in [0, 0.05) is 38.0 Å². The van der Waals surface area contributed by atoms with Crippen LogP contribution < -0.4 is 10.9 Å². The van der Waals surface area contributed by atoms with Gasteiger partial charge in [0.1, 0.15) is 0 Å². The summed E-state index contributed by atoms with van der Waals surface area (Å²) in [7, 11) is 0. The molecule has 0 aliphatic carbocycles. The zero-order chi connectivity index (χ0) is 15.5. The number of carbonyl (C=O) groups excluding carboxylic acids is 3. The molecular weight excluding hydrogens is 278 g/mol. The molecule has 1 aliphatic heterocycles. The van der Waals surface area contributed by atoms with E-state index in [1.54, 1.807) is 0 Å². The van der Waals surface area contributed by atoms with E-state index in [9.17, 15) is 14.4 Å². The molecule has 1 aromatic rings. The molecule has 8 nitrogen and oxygen atoms in total. The third kappa shape index (κ3) is 3.56. The van der Waals surface area contributed by atoms with Gasteiger partial charge in [-0.15, -0.1) is 0 Å². The number of hydrogen-bond acceptors (Lipinski definition) is 7. The van der Waals surface area contributed by atoms with Gasteiger partial charge >= 0.3 is 11.9 Å². The summed E-state index contributed by atoms with van der Waals surface area (Å²) < 4.78 is 9.78. The Morgan fingerprint density at radius 3 is 2.33 bits per heavy atom. The summed E-state index contributed by atoms with van der Waals surface area (Å²) in [6, 6.07) is 3.02. The van der Waals surface area contributed by atoms with Crippen LogP contribution in [0.3, 0.4) is 0 Å². The second-order valence-corrected chi connectivity index (χ2v) is 4.57. The normalized spacial score (nSPS) is 16.6. The van der Waals surface area contributed by atoms with Crippen LogP contribution in [0.2, 0.25) is 0 Å². The molecule has 0 unspecified atom stereocenters. The van der Waals surface area contributed by atoms with Gasteiger partial charge in [-0.3, -0.25) is 15.2 Å². The number of nitrogens with one attached hydrogen (secondary N) is 2. The molecule has 0 bridgehead atoms. The Labute approximate surface area is 120 Å². The van der Waals surface area contributed by atoms with E-state index in [1.165, 1.54) is 38.4 Å². The molecular formula is C13H13N3O5. The van der Waals surface area contributed by atoms with Gasteiger partial charge in [0.2, 0.25) is 0 Å². The average Bonchev–Trinajstić information content (AvgIpc) is 2.41. The lowest BCUT2D eigenvalue weighted by Gasteiger charge is -2.29. The molecule has 1 amide bonds. The van der Waals surface area contributed by atoms with E-state index >= 15 is 0 Å². The first-order valence-electron chi connectivity index (χ1n) is 6.02. The Hall–Kier alpha value is -2.90. The molecule has 0 saturated carbocycles. The van der Waals surface area contributed by atoms with Gasteiger partial charge in [-0.2, -0.15) is 0 Å². The second kappa shape index (κ2) is 5.61. The lowest BCUT2D eigenvalue weighted by Crippen LogP contribution is -2.43. The number of hydrazine groups is 1. The molecule has 2 heterocycles. The topological polar surface area (TPSA) is 107 Å². The predicted octanol–water partition coefficient (Wildman–Crippen LogP) is 0.0360. The van der Waals surface area contributed by atoms with Crippen molar-refractivity contribution in [3.8, 4) is 0 Å². The third-order valence-electron chi connectivity index (χ3n) is 2.46. The molecule has 2 rings (SSSR count). The summed E-state index contributed by atoms with van der Waals surface area (Å²) in [6.45, 7) is 2.89. The summed E-state index contributed by atoms with van der Waals surface area (Å²) in [6.07, 6.45) is 3.94. The molecule has 0 radical (unpaired) electrons. The zero-order valence-corrected chi connectivity index (χ0v) is 11.4. The van der Waals surface area contributed by atoms with Crippen molar-refractivity contribution in [3.63, 3.8) is 0 Å². The summed E-state index contributed by atoms with van der Waals surface area (Å²) >= 11 is 0. The summed E-state index contributed by atoms with van der Waals surface area (Å²) in [5.74, 6) is -3.41. The number of hydrogen-bond donors (Lipinski definition) is 2. The molecule has 1 saturated heterocycles. The Morgan fingerprint density at radius 1 is 1.19 bits per heavy atom. The van der Waals surface area contributed by atoms with Crippen molar-refractivity contribution in [2.45, 2.75) is 19.6 Å². The van der Waals surface area contributed by atoms with Crippen molar-refractivity contribution in [1.29, 1.82) is 0 Å². The van der Waals surface area contributed by atoms with Crippen molar-refractivity contribution >= 4 is 17.8 Å². The predicted molar refractivity (Wildman–Crippen MR) is 69.2 cm³/mol. The van der Waals surface area contributed by atoms with E-state index in [1.807, 2.05) is 0 Å².